The van der Waals surface area contributed by atoms with Crippen molar-refractivity contribution >= 4 is 15.9 Å². The monoisotopic (exact) mass is 254 g/mol. The van der Waals surface area contributed by atoms with Crippen LogP contribution in [0.15, 0.2) is 12.2 Å². The maximum atomic E-state index is 12.8. The molecule has 1 aliphatic rings. The van der Waals surface area contributed by atoms with Gasteiger partial charge in [-0.15, -0.1) is 0 Å². The molecule has 13 heavy (non-hydrogen) atoms. The number of hydrogen-bond donors (Lipinski definition) is 1. The summed E-state index contributed by atoms with van der Waals surface area (Å²) in [6.07, 6.45) is 4.56. The van der Waals surface area contributed by atoms with Gasteiger partial charge >= 0.3 is 4.83 Å². The third-order valence-corrected chi connectivity index (χ3v) is 3.24. The van der Waals surface area contributed by atoms with Crippen molar-refractivity contribution in [3.05, 3.63) is 12.2 Å². The van der Waals surface area contributed by atoms with Gasteiger partial charge in [-0.25, -0.2) is 0 Å². The molecule has 2 atom stereocenters. The Balaban J connectivity index is 2.75. The van der Waals surface area contributed by atoms with E-state index in [9.17, 15) is 13.9 Å². The fourth-order valence-electron chi connectivity index (χ4n) is 1.46. The average molecular weight is 255 g/mol. The van der Waals surface area contributed by atoms with Gasteiger partial charge in [-0.1, -0.05) is 13.0 Å². The maximum absolute atomic E-state index is 12.8. The van der Waals surface area contributed by atoms with Crippen LogP contribution < -0.4 is 0 Å². The van der Waals surface area contributed by atoms with E-state index in [1.54, 1.807) is 6.08 Å². The first kappa shape index (κ1) is 11.1. The van der Waals surface area contributed by atoms with Crippen LogP contribution in [0, 0.1) is 5.92 Å². The van der Waals surface area contributed by atoms with Crippen molar-refractivity contribution in [1.82, 2.24) is 0 Å². The van der Waals surface area contributed by atoms with Gasteiger partial charge in [-0.3, -0.25) is 0 Å². The van der Waals surface area contributed by atoms with Gasteiger partial charge < -0.3 is 5.11 Å². The van der Waals surface area contributed by atoms with Gasteiger partial charge in [0.15, 0.2) is 5.60 Å². The summed E-state index contributed by atoms with van der Waals surface area (Å²) in [6.45, 7) is 2.01. The minimum atomic E-state index is -3.23. The quantitative estimate of drug-likeness (QED) is 0.593. The van der Waals surface area contributed by atoms with Gasteiger partial charge in [0.1, 0.15) is 0 Å². The summed E-state index contributed by atoms with van der Waals surface area (Å²) in [5, 5.41) is 9.54. The highest BCUT2D eigenvalue weighted by atomic mass is 79.9. The highest BCUT2D eigenvalue weighted by molar-refractivity contribution is 9.10. The molecule has 0 saturated heterocycles. The largest absolute Gasteiger partial charge is 0.378 e. The molecule has 0 radical (unpaired) electrons. The third kappa shape index (κ3) is 2.29. The normalized spacial score (nSPS) is 35.0. The standard InChI is InChI=1S/C9H13BrF2O/c1-2-7-3-5-8(13,6-4-7)9(10,11)12/h3,5,7,13H,2,4,6H2,1H3. The molecule has 1 rings (SSSR count). The summed E-state index contributed by atoms with van der Waals surface area (Å²) in [7, 11) is 0. The molecule has 0 aromatic carbocycles. The third-order valence-electron chi connectivity index (χ3n) is 2.56. The van der Waals surface area contributed by atoms with Crippen LogP contribution in [0.3, 0.4) is 0 Å². The van der Waals surface area contributed by atoms with E-state index in [0.717, 1.165) is 6.42 Å². The van der Waals surface area contributed by atoms with Gasteiger partial charge in [-0.05, 0) is 47.2 Å². The number of alkyl halides is 3. The minimum Gasteiger partial charge on any atom is -0.378 e. The second kappa shape index (κ2) is 3.65. The van der Waals surface area contributed by atoms with Crippen molar-refractivity contribution in [2.75, 3.05) is 0 Å². The maximum Gasteiger partial charge on any atom is 0.332 e. The molecule has 0 fully saturated rings. The lowest BCUT2D eigenvalue weighted by atomic mass is 9.84. The smallest absolute Gasteiger partial charge is 0.332 e. The van der Waals surface area contributed by atoms with E-state index in [2.05, 4.69) is 15.9 Å². The van der Waals surface area contributed by atoms with Gasteiger partial charge in [0.2, 0.25) is 0 Å². The highest BCUT2D eigenvalue weighted by Crippen LogP contribution is 2.42. The zero-order chi connectivity index (χ0) is 10.1. The zero-order valence-corrected chi connectivity index (χ0v) is 9.02. The fourth-order valence-corrected chi connectivity index (χ4v) is 1.79. The molecule has 0 aromatic heterocycles. The SMILES string of the molecule is CCC1C=CC(O)(C(F)(F)Br)CC1. The van der Waals surface area contributed by atoms with Crippen LogP contribution in [0.4, 0.5) is 8.78 Å². The molecule has 0 aromatic rings. The molecule has 0 saturated carbocycles. The van der Waals surface area contributed by atoms with Crippen molar-refractivity contribution in [3.8, 4) is 0 Å². The molecule has 1 nitrogen and oxygen atoms in total. The van der Waals surface area contributed by atoms with Crippen LogP contribution in [-0.2, 0) is 0 Å². The topological polar surface area (TPSA) is 20.2 Å². The van der Waals surface area contributed by atoms with Crippen molar-refractivity contribution in [1.29, 1.82) is 0 Å². The van der Waals surface area contributed by atoms with Gasteiger partial charge in [-0.2, -0.15) is 8.78 Å². The summed E-state index contributed by atoms with van der Waals surface area (Å²) in [4.78, 5) is -3.23. The number of halogens is 3. The average Bonchev–Trinajstić information content (AvgIpc) is 2.04. The molecule has 0 amide bonds. The van der Waals surface area contributed by atoms with Crippen LogP contribution in [0.1, 0.15) is 26.2 Å². The first-order chi connectivity index (χ1) is 5.89. The molecule has 4 heteroatoms. The Kier molecular flexibility index (Phi) is 3.12. The van der Waals surface area contributed by atoms with Crippen molar-refractivity contribution in [2.24, 2.45) is 5.92 Å². The minimum absolute atomic E-state index is 0.111. The van der Waals surface area contributed by atoms with E-state index in [1.165, 1.54) is 6.08 Å². The predicted molar refractivity (Wildman–Crippen MR) is 51.0 cm³/mol. The van der Waals surface area contributed by atoms with E-state index in [-0.39, 0.29) is 6.42 Å². The Morgan fingerprint density at radius 3 is 2.62 bits per heavy atom. The first-order valence-electron chi connectivity index (χ1n) is 4.37. The molecule has 0 bridgehead atoms. The van der Waals surface area contributed by atoms with E-state index >= 15 is 0 Å². The first-order valence-corrected chi connectivity index (χ1v) is 5.17. The van der Waals surface area contributed by atoms with E-state index in [1.807, 2.05) is 6.92 Å². The summed E-state index contributed by atoms with van der Waals surface area (Å²) in [5.41, 5.74) is -2.00. The molecular weight excluding hydrogens is 242 g/mol. The summed E-state index contributed by atoms with van der Waals surface area (Å²) >= 11 is 2.20. The lowest BCUT2D eigenvalue weighted by Gasteiger charge is -2.33. The van der Waals surface area contributed by atoms with Crippen molar-refractivity contribution in [3.63, 3.8) is 0 Å². The number of hydrogen-bond acceptors (Lipinski definition) is 1. The summed E-state index contributed by atoms with van der Waals surface area (Å²) in [5.74, 6) is 0.329. The fraction of sp³-hybridized carbons (Fsp3) is 0.778. The number of rotatable bonds is 2. The predicted octanol–water partition coefficient (Wildman–Crippen LogP) is 3.08. The summed E-state index contributed by atoms with van der Waals surface area (Å²) in [6, 6.07) is 0. The molecule has 0 spiro atoms. The van der Waals surface area contributed by atoms with E-state index in [0.29, 0.717) is 12.3 Å². The van der Waals surface area contributed by atoms with Gasteiger partial charge in [0.05, 0.1) is 0 Å². The van der Waals surface area contributed by atoms with Crippen LogP contribution >= 0.6 is 15.9 Å². The van der Waals surface area contributed by atoms with Crippen LogP contribution in [0.5, 0.6) is 0 Å². The van der Waals surface area contributed by atoms with Gasteiger partial charge in [0, 0.05) is 0 Å². The zero-order valence-electron chi connectivity index (χ0n) is 7.43. The second-order valence-corrected chi connectivity index (χ2v) is 4.48. The van der Waals surface area contributed by atoms with Crippen molar-refractivity contribution in [2.45, 2.75) is 36.6 Å². The van der Waals surface area contributed by atoms with Crippen LogP contribution in [0.25, 0.3) is 0 Å². The Morgan fingerprint density at radius 1 is 1.69 bits per heavy atom. The summed E-state index contributed by atoms with van der Waals surface area (Å²) < 4.78 is 25.7. The molecule has 1 aliphatic carbocycles. The van der Waals surface area contributed by atoms with Crippen LogP contribution in [0.2, 0.25) is 0 Å². The number of aliphatic hydroxyl groups is 1. The van der Waals surface area contributed by atoms with Gasteiger partial charge in [0.25, 0.3) is 0 Å². The Labute approximate surface area is 85.0 Å². The lowest BCUT2D eigenvalue weighted by Crippen LogP contribution is -2.43. The Bertz CT molecular complexity index is 212. The second-order valence-electron chi connectivity index (χ2n) is 3.49. The Morgan fingerprint density at radius 2 is 2.31 bits per heavy atom. The molecule has 76 valence electrons. The molecular formula is C9H13BrF2O. The number of allylic oxidation sites excluding steroid dienone is 1. The van der Waals surface area contributed by atoms with Crippen molar-refractivity contribution < 1.29 is 13.9 Å². The Hall–Kier alpha value is 0.0400. The van der Waals surface area contributed by atoms with E-state index in [4.69, 9.17) is 0 Å². The lowest BCUT2D eigenvalue weighted by molar-refractivity contribution is -0.0924. The molecule has 0 aliphatic heterocycles. The molecule has 2 unspecified atom stereocenters. The van der Waals surface area contributed by atoms with E-state index < -0.39 is 10.4 Å². The van der Waals surface area contributed by atoms with Crippen LogP contribution in [-0.4, -0.2) is 15.5 Å². The highest BCUT2D eigenvalue weighted by Gasteiger charge is 2.49. The molecule has 0 heterocycles. The molecule has 1 N–H and O–H groups in total.